The second-order valence-corrected chi connectivity index (χ2v) is 5.98. The fourth-order valence-corrected chi connectivity index (χ4v) is 2.58. The van der Waals surface area contributed by atoms with Crippen LogP contribution < -0.4 is 5.32 Å². The Balaban J connectivity index is 0.00000312. The zero-order valence-corrected chi connectivity index (χ0v) is 15.5. The van der Waals surface area contributed by atoms with Crippen LogP contribution in [-0.4, -0.2) is 19.1 Å². The molecule has 2 aromatic rings. The summed E-state index contributed by atoms with van der Waals surface area (Å²) >= 11 is 0. The van der Waals surface area contributed by atoms with Crippen molar-refractivity contribution < 1.29 is 9.53 Å². The number of hydrogen-bond donors (Lipinski definition) is 1. The van der Waals surface area contributed by atoms with Gasteiger partial charge in [-0.1, -0.05) is 56.3 Å². The van der Waals surface area contributed by atoms with Gasteiger partial charge in [0, 0.05) is 6.54 Å². The number of carbonyl (C=O) groups is 1. The van der Waals surface area contributed by atoms with Crippen molar-refractivity contribution in [2.24, 2.45) is 5.92 Å². The highest BCUT2D eigenvalue weighted by Gasteiger charge is 2.21. The summed E-state index contributed by atoms with van der Waals surface area (Å²) in [5.41, 5.74) is 3.66. The van der Waals surface area contributed by atoms with Crippen molar-refractivity contribution in [3.63, 3.8) is 0 Å². The van der Waals surface area contributed by atoms with Crippen LogP contribution in [0.5, 0.6) is 0 Å². The number of ether oxygens (including phenoxy) is 1. The molecule has 25 heavy (non-hydrogen) atoms. The number of benzene rings is 2. The van der Waals surface area contributed by atoms with Crippen LogP contribution in [0.1, 0.15) is 25.0 Å². The Labute approximate surface area is 155 Å². The van der Waals surface area contributed by atoms with Crippen molar-refractivity contribution in [3.8, 4) is 17.2 Å². The smallest absolute Gasteiger partial charge is 0.323 e. The molecular weight excluding hydrogens is 336 g/mol. The Hall–Kier alpha value is -2.35. The lowest BCUT2D eigenvalue weighted by atomic mass is 9.99. The highest BCUT2D eigenvalue weighted by Crippen LogP contribution is 2.23. The van der Waals surface area contributed by atoms with Gasteiger partial charge in [-0.2, -0.15) is 5.26 Å². The SMILES string of the molecule is COC(=O)[C@H](NCc1ccc(-c2ccccc2C#N)cc1)C(C)C.Cl. The van der Waals surface area contributed by atoms with E-state index in [1.54, 1.807) is 0 Å². The summed E-state index contributed by atoms with van der Waals surface area (Å²) in [4.78, 5) is 11.8. The standard InChI is InChI=1S/C20H22N2O2.ClH/c1-14(2)19(20(23)24-3)22-13-15-8-10-16(11-9-15)18-7-5-4-6-17(18)12-21;/h4-11,14,19,22H,13H2,1-3H3;1H/t19-;/m1./s1. The number of nitrogens with zero attached hydrogens (tertiary/aromatic N) is 1. The van der Waals surface area contributed by atoms with Crippen molar-refractivity contribution in [1.29, 1.82) is 5.26 Å². The minimum atomic E-state index is -0.325. The Morgan fingerprint density at radius 1 is 1.16 bits per heavy atom. The number of halogens is 1. The van der Waals surface area contributed by atoms with Gasteiger partial charge in [0.15, 0.2) is 0 Å². The van der Waals surface area contributed by atoms with E-state index in [-0.39, 0.29) is 30.3 Å². The number of hydrogen-bond acceptors (Lipinski definition) is 4. The van der Waals surface area contributed by atoms with E-state index in [0.29, 0.717) is 12.1 Å². The molecule has 2 rings (SSSR count). The van der Waals surface area contributed by atoms with Gasteiger partial charge in [0.05, 0.1) is 18.7 Å². The first-order chi connectivity index (χ1) is 11.6. The molecule has 2 aromatic carbocycles. The molecule has 0 bridgehead atoms. The number of nitrogens with one attached hydrogen (secondary N) is 1. The van der Waals surface area contributed by atoms with Crippen LogP contribution >= 0.6 is 12.4 Å². The third kappa shape index (κ3) is 5.32. The molecule has 1 atom stereocenters. The fraction of sp³-hybridized carbons (Fsp3) is 0.300. The molecule has 4 nitrogen and oxygen atoms in total. The van der Waals surface area contributed by atoms with Crippen molar-refractivity contribution in [1.82, 2.24) is 5.32 Å². The molecule has 0 saturated carbocycles. The van der Waals surface area contributed by atoms with Crippen LogP contribution in [0.15, 0.2) is 48.5 Å². The zero-order chi connectivity index (χ0) is 17.5. The average molecular weight is 359 g/mol. The number of carbonyl (C=O) groups excluding carboxylic acids is 1. The number of esters is 1. The van der Waals surface area contributed by atoms with Gasteiger partial charge >= 0.3 is 5.97 Å². The Kier molecular flexibility index (Phi) is 8.13. The van der Waals surface area contributed by atoms with E-state index in [4.69, 9.17) is 4.74 Å². The normalized spacial score (nSPS) is 11.3. The topological polar surface area (TPSA) is 62.1 Å². The third-order valence-corrected chi connectivity index (χ3v) is 3.96. The maximum atomic E-state index is 11.8. The maximum absolute atomic E-state index is 11.8. The van der Waals surface area contributed by atoms with Crippen molar-refractivity contribution in [3.05, 3.63) is 59.7 Å². The largest absolute Gasteiger partial charge is 0.468 e. The Bertz CT molecular complexity index is 736. The van der Waals surface area contributed by atoms with E-state index in [0.717, 1.165) is 16.7 Å². The first-order valence-corrected chi connectivity index (χ1v) is 7.96. The molecule has 0 heterocycles. The monoisotopic (exact) mass is 358 g/mol. The summed E-state index contributed by atoms with van der Waals surface area (Å²) in [6, 6.07) is 17.4. The molecule has 0 amide bonds. The molecule has 0 spiro atoms. The molecule has 5 heteroatoms. The lowest BCUT2D eigenvalue weighted by molar-refractivity contribution is -0.144. The van der Waals surface area contributed by atoms with Gasteiger partial charge < -0.3 is 10.1 Å². The molecule has 1 N–H and O–H groups in total. The summed E-state index contributed by atoms with van der Waals surface area (Å²) in [5, 5.41) is 12.4. The van der Waals surface area contributed by atoms with Crippen LogP contribution in [0.25, 0.3) is 11.1 Å². The highest BCUT2D eigenvalue weighted by molar-refractivity contribution is 5.85. The van der Waals surface area contributed by atoms with Gasteiger partial charge in [0.1, 0.15) is 6.04 Å². The number of nitriles is 1. The molecule has 0 fully saturated rings. The van der Waals surface area contributed by atoms with Crippen LogP contribution in [0, 0.1) is 17.2 Å². The van der Waals surface area contributed by atoms with Crippen LogP contribution in [0.4, 0.5) is 0 Å². The molecule has 0 aliphatic carbocycles. The molecule has 0 aliphatic rings. The predicted molar refractivity (Wildman–Crippen MR) is 101 cm³/mol. The van der Waals surface area contributed by atoms with E-state index in [1.165, 1.54) is 7.11 Å². The maximum Gasteiger partial charge on any atom is 0.323 e. The Morgan fingerprint density at radius 3 is 2.36 bits per heavy atom. The summed E-state index contributed by atoms with van der Waals surface area (Å²) in [6.07, 6.45) is 0. The van der Waals surface area contributed by atoms with Crippen LogP contribution in [0.3, 0.4) is 0 Å². The lowest BCUT2D eigenvalue weighted by Crippen LogP contribution is -2.41. The van der Waals surface area contributed by atoms with Crippen molar-refractivity contribution in [2.75, 3.05) is 7.11 Å². The summed E-state index contributed by atoms with van der Waals surface area (Å²) in [6.45, 7) is 4.55. The number of methoxy groups -OCH3 is 1. The van der Waals surface area contributed by atoms with Crippen LogP contribution in [-0.2, 0) is 16.1 Å². The molecule has 0 aromatic heterocycles. The van der Waals surface area contributed by atoms with E-state index in [9.17, 15) is 10.1 Å². The minimum Gasteiger partial charge on any atom is -0.468 e. The molecule has 132 valence electrons. The van der Waals surface area contributed by atoms with Gasteiger partial charge in [-0.15, -0.1) is 12.4 Å². The minimum absolute atomic E-state index is 0. The average Bonchev–Trinajstić information content (AvgIpc) is 2.61. The van der Waals surface area contributed by atoms with E-state index in [1.807, 2.05) is 62.4 Å². The molecule has 0 radical (unpaired) electrons. The second kappa shape index (κ2) is 9.83. The zero-order valence-electron chi connectivity index (χ0n) is 14.7. The fourth-order valence-electron chi connectivity index (χ4n) is 2.58. The predicted octanol–water partition coefficient (Wildman–Crippen LogP) is 3.93. The first-order valence-electron chi connectivity index (χ1n) is 7.96. The third-order valence-electron chi connectivity index (χ3n) is 3.96. The quantitative estimate of drug-likeness (QED) is 0.794. The summed E-state index contributed by atoms with van der Waals surface area (Å²) < 4.78 is 4.83. The molecule has 0 aliphatic heterocycles. The van der Waals surface area contributed by atoms with Gasteiger partial charge in [0.25, 0.3) is 0 Å². The van der Waals surface area contributed by atoms with Gasteiger partial charge in [-0.25, -0.2) is 0 Å². The number of rotatable bonds is 6. The van der Waals surface area contributed by atoms with Crippen LogP contribution in [0.2, 0.25) is 0 Å². The van der Waals surface area contributed by atoms with Gasteiger partial charge in [-0.3, -0.25) is 4.79 Å². The van der Waals surface area contributed by atoms with Gasteiger partial charge in [0.2, 0.25) is 0 Å². The molecule has 0 unspecified atom stereocenters. The van der Waals surface area contributed by atoms with Gasteiger partial charge in [-0.05, 0) is 28.7 Å². The van der Waals surface area contributed by atoms with E-state index >= 15 is 0 Å². The van der Waals surface area contributed by atoms with Crippen molar-refractivity contribution in [2.45, 2.75) is 26.4 Å². The lowest BCUT2D eigenvalue weighted by Gasteiger charge is -2.20. The summed E-state index contributed by atoms with van der Waals surface area (Å²) in [5.74, 6) is -0.0937. The Morgan fingerprint density at radius 2 is 1.80 bits per heavy atom. The van der Waals surface area contributed by atoms with Crippen molar-refractivity contribution >= 4 is 18.4 Å². The second-order valence-electron chi connectivity index (χ2n) is 5.98. The summed E-state index contributed by atoms with van der Waals surface area (Å²) in [7, 11) is 1.40. The molecular formula is C20H23ClN2O2. The first kappa shape index (κ1) is 20.7. The molecule has 0 saturated heterocycles. The highest BCUT2D eigenvalue weighted by atomic mass is 35.5. The van der Waals surface area contributed by atoms with E-state index < -0.39 is 0 Å². The van der Waals surface area contributed by atoms with E-state index in [2.05, 4.69) is 11.4 Å².